The maximum Gasteiger partial charge on any atom is 0.337 e. The number of aromatic nitrogens is 1. The number of nitrogens with two attached hydrogens (primary N) is 1. The van der Waals surface area contributed by atoms with Crippen molar-refractivity contribution in [3.63, 3.8) is 0 Å². The molecule has 1 atom stereocenters. The highest BCUT2D eigenvalue weighted by Crippen LogP contribution is 2.21. The number of nitrogens with one attached hydrogen (secondary N) is 1. The molecule has 0 saturated carbocycles. The van der Waals surface area contributed by atoms with Gasteiger partial charge in [0.15, 0.2) is 0 Å². The van der Waals surface area contributed by atoms with Crippen LogP contribution >= 0.6 is 11.3 Å². The number of carbonyl (C=O) groups is 1. The standard InChI is InChI=1S/C13H15N3O2S/c1-8(6-9-3-5-19-7-9)16-12-11(14)10(13(17)18)2-4-15-12/h2-5,7-8H,6,14H2,1H3,(H,15,16)(H,17,18). The summed E-state index contributed by atoms with van der Waals surface area (Å²) in [5.41, 5.74) is 7.28. The Hall–Kier alpha value is -2.08. The van der Waals surface area contributed by atoms with E-state index in [0.717, 1.165) is 6.42 Å². The van der Waals surface area contributed by atoms with Gasteiger partial charge in [-0.3, -0.25) is 0 Å². The Balaban J connectivity index is 2.10. The molecule has 1 unspecified atom stereocenters. The lowest BCUT2D eigenvalue weighted by atomic mass is 10.1. The zero-order valence-electron chi connectivity index (χ0n) is 10.5. The maximum absolute atomic E-state index is 11.0. The van der Waals surface area contributed by atoms with Gasteiger partial charge in [0.1, 0.15) is 5.82 Å². The number of thiophene rings is 1. The molecule has 0 aliphatic heterocycles. The van der Waals surface area contributed by atoms with Gasteiger partial charge in [-0.15, -0.1) is 0 Å². The van der Waals surface area contributed by atoms with E-state index < -0.39 is 5.97 Å². The number of nitrogens with zero attached hydrogens (tertiary/aromatic N) is 1. The summed E-state index contributed by atoms with van der Waals surface area (Å²) in [6.07, 6.45) is 2.28. The topological polar surface area (TPSA) is 88.2 Å². The predicted octanol–water partition coefficient (Wildman–Crippen LogP) is 2.47. The van der Waals surface area contributed by atoms with E-state index >= 15 is 0 Å². The molecule has 100 valence electrons. The molecule has 19 heavy (non-hydrogen) atoms. The molecule has 0 amide bonds. The first-order valence-corrected chi connectivity index (χ1v) is 6.77. The van der Waals surface area contributed by atoms with E-state index in [1.807, 2.05) is 12.3 Å². The smallest absolute Gasteiger partial charge is 0.337 e. The average Bonchev–Trinajstić information content (AvgIpc) is 2.84. The summed E-state index contributed by atoms with van der Waals surface area (Å²) in [5.74, 6) is -0.629. The van der Waals surface area contributed by atoms with Crippen LogP contribution in [-0.4, -0.2) is 22.1 Å². The second-order valence-electron chi connectivity index (χ2n) is 4.31. The number of aromatic carboxylic acids is 1. The minimum Gasteiger partial charge on any atom is -0.478 e. The number of carboxylic acids is 1. The third kappa shape index (κ3) is 3.23. The Labute approximate surface area is 115 Å². The molecule has 4 N–H and O–H groups in total. The van der Waals surface area contributed by atoms with Gasteiger partial charge < -0.3 is 16.2 Å². The first-order valence-electron chi connectivity index (χ1n) is 5.83. The van der Waals surface area contributed by atoms with Crippen LogP contribution in [0.1, 0.15) is 22.8 Å². The summed E-state index contributed by atoms with van der Waals surface area (Å²) < 4.78 is 0. The molecule has 0 bridgehead atoms. The summed E-state index contributed by atoms with van der Waals surface area (Å²) in [4.78, 5) is 15.1. The summed E-state index contributed by atoms with van der Waals surface area (Å²) >= 11 is 1.65. The van der Waals surface area contributed by atoms with E-state index in [-0.39, 0.29) is 17.3 Å². The molecule has 2 heterocycles. The van der Waals surface area contributed by atoms with Crippen molar-refractivity contribution in [1.82, 2.24) is 4.98 Å². The Bertz CT molecular complexity index is 569. The highest BCUT2D eigenvalue weighted by Gasteiger charge is 2.14. The second kappa shape index (κ2) is 5.71. The van der Waals surface area contributed by atoms with Crippen molar-refractivity contribution in [3.8, 4) is 0 Å². The van der Waals surface area contributed by atoms with Crippen molar-refractivity contribution in [2.45, 2.75) is 19.4 Å². The van der Waals surface area contributed by atoms with Gasteiger partial charge in [-0.1, -0.05) is 0 Å². The molecule has 0 aliphatic carbocycles. The van der Waals surface area contributed by atoms with Crippen molar-refractivity contribution in [1.29, 1.82) is 0 Å². The van der Waals surface area contributed by atoms with Crippen molar-refractivity contribution in [2.75, 3.05) is 11.1 Å². The zero-order valence-corrected chi connectivity index (χ0v) is 11.3. The van der Waals surface area contributed by atoms with E-state index in [2.05, 4.69) is 21.7 Å². The molecule has 2 aromatic rings. The van der Waals surface area contributed by atoms with Gasteiger partial charge in [0, 0.05) is 12.2 Å². The van der Waals surface area contributed by atoms with E-state index in [9.17, 15) is 4.79 Å². The van der Waals surface area contributed by atoms with Crippen LogP contribution in [0.25, 0.3) is 0 Å². The van der Waals surface area contributed by atoms with E-state index in [4.69, 9.17) is 10.8 Å². The molecule has 0 fully saturated rings. The Morgan fingerprint density at radius 3 is 3.00 bits per heavy atom. The molecule has 0 spiro atoms. The largest absolute Gasteiger partial charge is 0.478 e. The molecule has 5 nitrogen and oxygen atoms in total. The van der Waals surface area contributed by atoms with Gasteiger partial charge in [-0.2, -0.15) is 11.3 Å². The van der Waals surface area contributed by atoms with Gasteiger partial charge in [-0.05, 0) is 41.8 Å². The Kier molecular flexibility index (Phi) is 4.01. The van der Waals surface area contributed by atoms with Gasteiger partial charge >= 0.3 is 5.97 Å². The highest BCUT2D eigenvalue weighted by molar-refractivity contribution is 7.07. The molecule has 2 rings (SSSR count). The zero-order chi connectivity index (χ0) is 13.8. The van der Waals surface area contributed by atoms with Crippen LogP contribution in [0.15, 0.2) is 29.1 Å². The molecule has 6 heteroatoms. The quantitative estimate of drug-likeness (QED) is 0.781. The van der Waals surface area contributed by atoms with E-state index in [1.54, 1.807) is 11.3 Å². The lowest BCUT2D eigenvalue weighted by Gasteiger charge is -2.16. The molecule has 0 aromatic carbocycles. The summed E-state index contributed by atoms with van der Waals surface area (Å²) in [7, 11) is 0. The monoisotopic (exact) mass is 277 g/mol. The predicted molar refractivity (Wildman–Crippen MR) is 76.7 cm³/mol. The molecular weight excluding hydrogens is 262 g/mol. The number of hydrogen-bond donors (Lipinski definition) is 3. The van der Waals surface area contributed by atoms with Gasteiger partial charge in [-0.25, -0.2) is 9.78 Å². The Morgan fingerprint density at radius 1 is 1.58 bits per heavy atom. The van der Waals surface area contributed by atoms with Crippen molar-refractivity contribution in [2.24, 2.45) is 0 Å². The Morgan fingerprint density at radius 2 is 2.37 bits per heavy atom. The molecule has 0 saturated heterocycles. The fraction of sp³-hybridized carbons (Fsp3) is 0.231. The number of nitrogen functional groups attached to an aromatic ring is 1. The highest BCUT2D eigenvalue weighted by atomic mass is 32.1. The van der Waals surface area contributed by atoms with Crippen LogP contribution in [0.4, 0.5) is 11.5 Å². The lowest BCUT2D eigenvalue weighted by Crippen LogP contribution is -2.20. The lowest BCUT2D eigenvalue weighted by molar-refractivity contribution is 0.0698. The van der Waals surface area contributed by atoms with E-state index in [0.29, 0.717) is 5.82 Å². The van der Waals surface area contributed by atoms with Crippen molar-refractivity contribution < 1.29 is 9.90 Å². The number of rotatable bonds is 5. The van der Waals surface area contributed by atoms with Crippen LogP contribution in [0.2, 0.25) is 0 Å². The maximum atomic E-state index is 11.0. The summed E-state index contributed by atoms with van der Waals surface area (Å²) in [6, 6.07) is 3.58. The summed E-state index contributed by atoms with van der Waals surface area (Å²) in [5, 5.41) is 16.3. The number of hydrogen-bond acceptors (Lipinski definition) is 5. The third-order valence-electron chi connectivity index (χ3n) is 2.73. The van der Waals surface area contributed by atoms with Crippen LogP contribution in [0, 0.1) is 0 Å². The molecule has 2 aromatic heterocycles. The SMILES string of the molecule is CC(Cc1ccsc1)Nc1nccc(C(=O)O)c1N. The van der Waals surface area contributed by atoms with Gasteiger partial charge in [0.2, 0.25) is 0 Å². The fourth-order valence-electron chi connectivity index (χ4n) is 1.82. The van der Waals surface area contributed by atoms with Crippen LogP contribution in [0.5, 0.6) is 0 Å². The summed E-state index contributed by atoms with van der Waals surface area (Å²) in [6.45, 7) is 2.01. The third-order valence-corrected chi connectivity index (χ3v) is 3.46. The van der Waals surface area contributed by atoms with E-state index in [1.165, 1.54) is 17.8 Å². The fourth-order valence-corrected chi connectivity index (χ4v) is 2.50. The first kappa shape index (κ1) is 13.4. The number of anilines is 2. The van der Waals surface area contributed by atoms with Crippen molar-refractivity contribution in [3.05, 3.63) is 40.2 Å². The second-order valence-corrected chi connectivity index (χ2v) is 5.09. The van der Waals surface area contributed by atoms with Crippen LogP contribution in [0.3, 0.4) is 0 Å². The van der Waals surface area contributed by atoms with Crippen molar-refractivity contribution >= 4 is 28.8 Å². The molecule has 0 radical (unpaired) electrons. The van der Waals surface area contributed by atoms with Gasteiger partial charge in [0.05, 0.1) is 11.3 Å². The van der Waals surface area contributed by atoms with Gasteiger partial charge in [0.25, 0.3) is 0 Å². The average molecular weight is 277 g/mol. The van der Waals surface area contributed by atoms with Crippen LogP contribution < -0.4 is 11.1 Å². The minimum atomic E-state index is -1.05. The molecule has 0 aliphatic rings. The molecular formula is C13H15N3O2S. The number of pyridine rings is 1. The normalized spacial score (nSPS) is 12.1. The first-order chi connectivity index (χ1) is 9.08. The van der Waals surface area contributed by atoms with Crippen LogP contribution in [-0.2, 0) is 6.42 Å². The minimum absolute atomic E-state index is 0.0697. The number of carboxylic acid groups (broad SMARTS) is 1.